The van der Waals surface area contributed by atoms with Crippen LogP contribution in [-0.4, -0.2) is 5.54 Å². The summed E-state index contributed by atoms with van der Waals surface area (Å²) in [5.41, 5.74) is 1.25. The van der Waals surface area contributed by atoms with Crippen LogP contribution in [0.3, 0.4) is 0 Å². The number of ether oxygens (including phenoxy) is 1. The molecular formula is C17H19ClFNO. The summed E-state index contributed by atoms with van der Waals surface area (Å²) in [6, 6.07) is 12.1. The summed E-state index contributed by atoms with van der Waals surface area (Å²) in [6.07, 6.45) is 0. The molecule has 0 fully saturated rings. The smallest absolute Gasteiger partial charge is 0.145 e. The van der Waals surface area contributed by atoms with Crippen molar-refractivity contribution in [2.75, 3.05) is 0 Å². The minimum Gasteiger partial charge on any atom is -0.457 e. The van der Waals surface area contributed by atoms with Gasteiger partial charge < -0.3 is 10.1 Å². The van der Waals surface area contributed by atoms with Crippen LogP contribution in [0.15, 0.2) is 42.5 Å². The molecule has 2 rings (SSSR count). The summed E-state index contributed by atoms with van der Waals surface area (Å²) in [4.78, 5) is 0. The lowest BCUT2D eigenvalue weighted by molar-refractivity contribution is 0.424. The largest absolute Gasteiger partial charge is 0.457 e. The lowest BCUT2D eigenvalue weighted by Gasteiger charge is -2.20. The first-order valence-electron chi connectivity index (χ1n) is 6.80. The van der Waals surface area contributed by atoms with Crippen LogP contribution in [0.25, 0.3) is 0 Å². The monoisotopic (exact) mass is 307 g/mol. The maximum Gasteiger partial charge on any atom is 0.145 e. The molecule has 0 heterocycles. The zero-order valence-corrected chi connectivity index (χ0v) is 13.2. The van der Waals surface area contributed by atoms with E-state index in [1.165, 1.54) is 17.7 Å². The highest BCUT2D eigenvalue weighted by molar-refractivity contribution is 6.30. The van der Waals surface area contributed by atoms with Crippen molar-refractivity contribution >= 4 is 11.6 Å². The Balaban J connectivity index is 2.00. The topological polar surface area (TPSA) is 21.3 Å². The van der Waals surface area contributed by atoms with Crippen molar-refractivity contribution < 1.29 is 9.13 Å². The average molecular weight is 308 g/mol. The minimum absolute atomic E-state index is 0.0794. The van der Waals surface area contributed by atoms with Gasteiger partial charge in [0.1, 0.15) is 17.3 Å². The lowest BCUT2D eigenvalue weighted by atomic mass is 10.1. The third-order valence-corrected chi connectivity index (χ3v) is 3.18. The maximum absolute atomic E-state index is 13.3. The summed E-state index contributed by atoms with van der Waals surface area (Å²) in [6.45, 7) is 7.16. The molecule has 0 spiro atoms. The molecule has 0 aliphatic heterocycles. The third-order valence-electron chi connectivity index (χ3n) is 2.87. The van der Waals surface area contributed by atoms with Crippen molar-refractivity contribution in [2.24, 2.45) is 0 Å². The highest BCUT2D eigenvalue weighted by Crippen LogP contribution is 2.25. The van der Waals surface area contributed by atoms with Gasteiger partial charge in [-0.15, -0.1) is 0 Å². The Morgan fingerprint density at radius 1 is 1.05 bits per heavy atom. The molecule has 0 unspecified atom stereocenters. The molecule has 0 atom stereocenters. The second-order valence-corrected chi connectivity index (χ2v) is 6.33. The van der Waals surface area contributed by atoms with Crippen LogP contribution in [0.4, 0.5) is 4.39 Å². The molecule has 0 amide bonds. The van der Waals surface area contributed by atoms with Crippen LogP contribution in [0.5, 0.6) is 11.5 Å². The molecule has 0 aliphatic carbocycles. The summed E-state index contributed by atoms with van der Waals surface area (Å²) in [5, 5.41) is 3.50. The number of hydrogen-bond donors (Lipinski definition) is 1. The molecule has 21 heavy (non-hydrogen) atoms. The van der Waals surface area contributed by atoms with Gasteiger partial charge in [0.25, 0.3) is 0 Å². The first-order chi connectivity index (χ1) is 9.83. The zero-order valence-electron chi connectivity index (χ0n) is 12.4. The molecule has 4 heteroatoms. The van der Waals surface area contributed by atoms with Crippen LogP contribution in [0, 0.1) is 5.82 Å². The van der Waals surface area contributed by atoms with Gasteiger partial charge in [0.2, 0.25) is 0 Å². The summed E-state index contributed by atoms with van der Waals surface area (Å²) in [7, 11) is 0. The van der Waals surface area contributed by atoms with Gasteiger partial charge in [-0.1, -0.05) is 23.7 Å². The molecule has 0 saturated carbocycles. The van der Waals surface area contributed by atoms with E-state index in [9.17, 15) is 4.39 Å². The number of benzene rings is 2. The third kappa shape index (κ3) is 5.03. The Morgan fingerprint density at radius 2 is 1.67 bits per heavy atom. The van der Waals surface area contributed by atoms with E-state index in [4.69, 9.17) is 16.3 Å². The lowest BCUT2D eigenvalue weighted by Crippen LogP contribution is -2.34. The van der Waals surface area contributed by atoms with Gasteiger partial charge in [0.15, 0.2) is 0 Å². The Labute approximate surface area is 129 Å². The molecular weight excluding hydrogens is 289 g/mol. The minimum atomic E-state index is -0.486. The van der Waals surface area contributed by atoms with Crippen molar-refractivity contribution in [2.45, 2.75) is 32.9 Å². The van der Waals surface area contributed by atoms with E-state index in [1.54, 1.807) is 6.07 Å². The average Bonchev–Trinajstić information content (AvgIpc) is 2.41. The second kappa shape index (κ2) is 6.46. The quantitative estimate of drug-likeness (QED) is 0.842. The molecule has 2 aromatic rings. The first kappa shape index (κ1) is 15.8. The van der Waals surface area contributed by atoms with Gasteiger partial charge in [-0.3, -0.25) is 0 Å². The highest BCUT2D eigenvalue weighted by Gasteiger charge is 2.08. The molecule has 0 bridgehead atoms. The SMILES string of the molecule is CC(C)(C)NCc1ccc(Oc2ccc(Cl)c(F)c2)cc1. The van der Waals surface area contributed by atoms with Gasteiger partial charge in [0, 0.05) is 18.2 Å². The van der Waals surface area contributed by atoms with E-state index in [0.29, 0.717) is 11.5 Å². The Morgan fingerprint density at radius 3 is 2.24 bits per heavy atom. The molecule has 1 N–H and O–H groups in total. The fourth-order valence-electron chi connectivity index (χ4n) is 1.72. The molecule has 0 saturated heterocycles. The van der Waals surface area contributed by atoms with Gasteiger partial charge in [0.05, 0.1) is 5.02 Å². The second-order valence-electron chi connectivity index (χ2n) is 5.93. The van der Waals surface area contributed by atoms with E-state index in [-0.39, 0.29) is 10.6 Å². The van der Waals surface area contributed by atoms with Gasteiger partial charge in [-0.25, -0.2) is 4.39 Å². The molecule has 112 valence electrons. The summed E-state index contributed by atoms with van der Waals surface area (Å²) < 4.78 is 18.9. The van der Waals surface area contributed by atoms with Crippen molar-refractivity contribution in [1.82, 2.24) is 5.32 Å². The van der Waals surface area contributed by atoms with Crippen molar-refractivity contribution in [3.05, 3.63) is 58.9 Å². The number of nitrogens with one attached hydrogen (secondary N) is 1. The normalized spacial score (nSPS) is 11.5. The molecule has 2 aromatic carbocycles. The van der Waals surface area contributed by atoms with Crippen molar-refractivity contribution in [3.8, 4) is 11.5 Å². The number of rotatable bonds is 4. The fourth-order valence-corrected chi connectivity index (χ4v) is 1.84. The van der Waals surface area contributed by atoms with E-state index in [0.717, 1.165) is 6.54 Å². The first-order valence-corrected chi connectivity index (χ1v) is 7.18. The van der Waals surface area contributed by atoms with Crippen molar-refractivity contribution in [1.29, 1.82) is 0 Å². The molecule has 2 nitrogen and oxygen atoms in total. The number of halogens is 2. The van der Waals surface area contributed by atoms with Crippen LogP contribution in [-0.2, 0) is 6.54 Å². The van der Waals surface area contributed by atoms with Crippen LogP contribution in [0.2, 0.25) is 5.02 Å². The Hall–Kier alpha value is -1.58. The number of hydrogen-bond acceptors (Lipinski definition) is 2. The van der Waals surface area contributed by atoms with Gasteiger partial charge in [-0.2, -0.15) is 0 Å². The van der Waals surface area contributed by atoms with Crippen LogP contribution in [0.1, 0.15) is 26.3 Å². The summed E-state index contributed by atoms with van der Waals surface area (Å²) >= 11 is 5.64. The highest BCUT2D eigenvalue weighted by atomic mass is 35.5. The predicted octanol–water partition coefficient (Wildman–Crippen LogP) is 5.16. The van der Waals surface area contributed by atoms with Gasteiger partial charge in [-0.05, 0) is 50.6 Å². The Bertz CT molecular complexity index is 605. The van der Waals surface area contributed by atoms with Crippen molar-refractivity contribution in [3.63, 3.8) is 0 Å². The maximum atomic E-state index is 13.3. The van der Waals surface area contributed by atoms with E-state index in [2.05, 4.69) is 26.1 Å². The standard InChI is InChI=1S/C17H19ClFNO/c1-17(2,3)20-11-12-4-6-13(7-5-12)21-14-8-9-15(18)16(19)10-14/h4-10,20H,11H2,1-3H3. The molecule has 0 aromatic heterocycles. The Kier molecular flexibility index (Phi) is 4.86. The van der Waals surface area contributed by atoms with E-state index < -0.39 is 5.82 Å². The van der Waals surface area contributed by atoms with Crippen LogP contribution < -0.4 is 10.1 Å². The molecule has 0 aliphatic rings. The van der Waals surface area contributed by atoms with Gasteiger partial charge >= 0.3 is 0 Å². The van der Waals surface area contributed by atoms with Crippen LogP contribution >= 0.6 is 11.6 Å². The van der Waals surface area contributed by atoms with E-state index in [1.807, 2.05) is 24.3 Å². The summed E-state index contributed by atoms with van der Waals surface area (Å²) in [5.74, 6) is 0.605. The fraction of sp³-hybridized carbons (Fsp3) is 0.294. The zero-order chi connectivity index (χ0) is 15.5. The molecule has 0 radical (unpaired) electrons. The van der Waals surface area contributed by atoms with E-state index >= 15 is 0 Å². The predicted molar refractivity (Wildman–Crippen MR) is 84.5 cm³/mol.